The molecule has 0 saturated heterocycles. The maximum Gasteiger partial charge on any atom is 0.309 e. The minimum Gasteiger partial charge on any atom is -0.407 e. The fourth-order valence-corrected chi connectivity index (χ4v) is 3.95. The molecule has 168 valence electrons. The van der Waals surface area contributed by atoms with E-state index in [1.165, 1.54) is 19.1 Å². The van der Waals surface area contributed by atoms with Crippen LogP contribution in [0.5, 0.6) is 5.88 Å². The number of ether oxygens (including phenoxy) is 1. The lowest BCUT2D eigenvalue weighted by Crippen LogP contribution is -2.07. The van der Waals surface area contributed by atoms with E-state index in [1.807, 2.05) is 66.9 Å². The Bertz CT molecular complexity index is 1450. The molecule has 0 aliphatic rings. The molecular formula is C28H22FN3O2. The molecule has 0 saturated carbocycles. The highest BCUT2D eigenvalue weighted by Crippen LogP contribution is 2.29. The van der Waals surface area contributed by atoms with Crippen LogP contribution in [0.1, 0.15) is 29.4 Å². The molecule has 5 rings (SSSR count). The molecule has 34 heavy (non-hydrogen) atoms. The van der Waals surface area contributed by atoms with Crippen LogP contribution in [0.25, 0.3) is 16.9 Å². The number of carbonyl (C=O) groups is 1. The third-order valence-electron chi connectivity index (χ3n) is 5.51. The van der Waals surface area contributed by atoms with Gasteiger partial charge in [0.2, 0.25) is 5.88 Å². The molecule has 0 fully saturated rings. The maximum absolute atomic E-state index is 13.5. The van der Waals surface area contributed by atoms with E-state index in [9.17, 15) is 9.18 Å². The molecule has 2 heterocycles. The fourth-order valence-electron chi connectivity index (χ4n) is 3.95. The Morgan fingerprint density at radius 3 is 2.12 bits per heavy atom. The van der Waals surface area contributed by atoms with Gasteiger partial charge in [-0.15, -0.1) is 0 Å². The van der Waals surface area contributed by atoms with Crippen LogP contribution >= 0.6 is 0 Å². The SMILES string of the molecule is CC(=O)Oc1c(Cc2ccccc2)nc2c(Cc3ccc(F)cc3)nc(-c3ccccc3)cn12. The summed E-state index contributed by atoms with van der Waals surface area (Å²) >= 11 is 0. The molecule has 0 atom stereocenters. The highest BCUT2D eigenvalue weighted by atomic mass is 19.1. The molecule has 0 amide bonds. The second-order valence-corrected chi connectivity index (χ2v) is 8.06. The minimum absolute atomic E-state index is 0.289. The number of fused-ring (bicyclic) bond motifs is 1. The summed E-state index contributed by atoms with van der Waals surface area (Å²) in [5, 5.41) is 0. The van der Waals surface area contributed by atoms with Crippen LogP contribution in [-0.2, 0) is 17.6 Å². The van der Waals surface area contributed by atoms with Crippen molar-refractivity contribution in [3.63, 3.8) is 0 Å². The molecule has 0 spiro atoms. The third kappa shape index (κ3) is 4.57. The predicted octanol–water partition coefficient (Wildman–Crippen LogP) is 5.64. The lowest BCUT2D eigenvalue weighted by Gasteiger charge is -2.10. The Kier molecular flexibility index (Phi) is 5.87. The highest BCUT2D eigenvalue weighted by Gasteiger charge is 2.21. The fraction of sp³-hybridized carbons (Fsp3) is 0.107. The zero-order valence-corrected chi connectivity index (χ0v) is 18.6. The van der Waals surface area contributed by atoms with E-state index in [0.29, 0.717) is 35.8 Å². The number of hydrogen-bond donors (Lipinski definition) is 0. The molecule has 0 radical (unpaired) electrons. The molecule has 0 N–H and O–H groups in total. The molecule has 0 aliphatic carbocycles. The van der Waals surface area contributed by atoms with Crippen molar-refractivity contribution in [3.05, 3.63) is 119 Å². The quantitative estimate of drug-likeness (QED) is 0.314. The van der Waals surface area contributed by atoms with Crippen LogP contribution in [0.2, 0.25) is 0 Å². The molecule has 5 aromatic rings. The molecule has 6 heteroatoms. The summed E-state index contributed by atoms with van der Waals surface area (Å²) in [7, 11) is 0. The Morgan fingerprint density at radius 2 is 1.44 bits per heavy atom. The molecule has 2 aromatic heterocycles. The Hall–Kier alpha value is -4.32. The van der Waals surface area contributed by atoms with E-state index >= 15 is 0 Å². The van der Waals surface area contributed by atoms with Gasteiger partial charge in [-0.25, -0.2) is 14.4 Å². The van der Waals surface area contributed by atoms with E-state index in [1.54, 1.807) is 16.5 Å². The number of carbonyl (C=O) groups excluding carboxylic acids is 1. The average Bonchev–Trinajstić information content (AvgIpc) is 3.18. The number of aromatic nitrogens is 3. The smallest absolute Gasteiger partial charge is 0.309 e. The van der Waals surface area contributed by atoms with Gasteiger partial charge in [-0.2, -0.15) is 0 Å². The molecular weight excluding hydrogens is 429 g/mol. The second-order valence-electron chi connectivity index (χ2n) is 8.06. The van der Waals surface area contributed by atoms with Crippen molar-refractivity contribution in [1.29, 1.82) is 0 Å². The van der Waals surface area contributed by atoms with Crippen molar-refractivity contribution in [3.8, 4) is 17.1 Å². The van der Waals surface area contributed by atoms with Gasteiger partial charge in [-0.3, -0.25) is 9.20 Å². The minimum atomic E-state index is -0.422. The van der Waals surface area contributed by atoms with Gasteiger partial charge in [0.25, 0.3) is 0 Å². The number of hydrogen-bond acceptors (Lipinski definition) is 4. The van der Waals surface area contributed by atoms with Gasteiger partial charge in [0.15, 0.2) is 5.65 Å². The summed E-state index contributed by atoms with van der Waals surface area (Å²) < 4.78 is 20.9. The molecule has 5 nitrogen and oxygen atoms in total. The zero-order valence-electron chi connectivity index (χ0n) is 18.6. The number of rotatable bonds is 6. The zero-order chi connectivity index (χ0) is 23.5. The largest absolute Gasteiger partial charge is 0.407 e. The van der Waals surface area contributed by atoms with Crippen LogP contribution in [0.15, 0.2) is 91.1 Å². The second kappa shape index (κ2) is 9.27. The van der Waals surface area contributed by atoms with Crippen LogP contribution in [0, 0.1) is 5.82 Å². The summed E-state index contributed by atoms with van der Waals surface area (Å²) in [4.78, 5) is 21.8. The topological polar surface area (TPSA) is 56.5 Å². The molecule has 0 bridgehead atoms. The van der Waals surface area contributed by atoms with E-state index in [2.05, 4.69) is 0 Å². The van der Waals surface area contributed by atoms with Gasteiger partial charge in [-0.05, 0) is 23.3 Å². The summed E-state index contributed by atoms with van der Waals surface area (Å²) in [5.74, 6) is -0.330. The standard InChI is InChI=1S/C28H22FN3O2/c1-19(33)34-28-25(17-20-8-4-2-5-9-20)31-27-24(16-21-12-14-23(29)15-13-21)30-26(18-32(27)28)22-10-6-3-7-11-22/h2-15,18H,16-17H2,1H3. The Balaban J connectivity index is 1.70. The number of nitrogens with zero attached hydrogens (tertiary/aromatic N) is 3. The van der Waals surface area contributed by atoms with Crippen molar-refractivity contribution in [2.75, 3.05) is 0 Å². The molecule has 0 unspecified atom stereocenters. The van der Waals surface area contributed by atoms with E-state index < -0.39 is 5.97 Å². The third-order valence-corrected chi connectivity index (χ3v) is 5.51. The number of halogens is 1. The summed E-state index contributed by atoms with van der Waals surface area (Å²) in [6.07, 6.45) is 2.80. The van der Waals surface area contributed by atoms with Crippen molar-refractivity contribution >= 4 is 11.6 Å². The van der Waals surface area contributed by atoms with Gasteiger partial charge in [0.05, 0.1) is 11.4 Å². The normalized spacial score (nSPS) is 11.0. The molecule has 3 aromatic carbocycles. The van der Waals surface area contributed by atoms with Gasteiger partial charge >= 0.3 is 5.97 Å². The lowest BCUT2D eigenvalue weighted by molar-refractivity contribution is -0.132. The predicted molar refractivity (Wildman–Crippen MR) is 128 cm³/mol. The van der Waals surface area contributed by atoms with Crippen LogP contribution in [0.4, 0.5) is 4.39 Å². The number of benzene rings is 3. The average molecular weight is 452 g/mol. The van der Waals surface area contributed by atoms with Gasteiger partial charge in [0.1, 0.15) is 11.5 Å². The first-order chi connectivity index (χ1) is 16.6. The number of imidazole rings is 1. The first-order valence-corrected chi connectivity index (χ1v) is 11.0. The van der Waals surface area contributed by atoms with Crippen LogP contribution in [0.3, 0.4) is 0 Å². The van der Waals surface area contributed by atoms with Crippen molar-refractivity contribution in [2.45, 2.75) is 19.8 Å². The van der Waals surface area contributed by atoms with E-state index in [-0.39, 0.29) is 5.82 Å². The van der Waals surface area contributed by atoms with Gasteiger partial charge in [0, 0.05) is 31.5 Å². The summed E-state index contributed by atoms with van der Waals surface area (Å²) in [5.41, 5.74) is 5.57. The van der Waals surface area contributed by atoms with E-state index in [4.69, 9.17) is 14.7 Å². The van der Waals surface area contributed by atoms with Gasteiger partial charge in [-0.1, -0.05) is 72.8 Å². The van der Waals surface area contributed by atoms with Gasteiger partial charge < -0.3 is 4.74 Å². The summed E-state index contributed by atoms with van der Waals surface area (Å²) in [6.45, 7) is 1.38. The maximum atomic E-state index is 13.5. The first kappa shape index (κ1) is 21.5. The Labute approximate surface area is 196 Å². The van der Waals surface area contributed by atoms with Crippen molar-refractivity contribution in [2.24, 2.45) is 0 Å². The van der Waals surface area contributed by atoms with Crippen LogP contribution < -0.4 is 4.74 Å². The number of esters is 1. The Morgan fingerprint density at radius 1 is 0.824 bits per heavy atom. The van der Waals surface area contributed by atoms with Crippen molar-refractivity contribution in [1.82, 2.24) is 14.4 Å². The van der Waals surface area contributed by atoms with Crippen molar-refractivity contribution < 1.29 is 13.9 Å². The molecule has 0 aliphatic heterocycles. The summed E-state index contributed by atoms with van der Waals surface area (Å²) in [6, 6.07) is 26.0. The monoisotopic (exact) mass is 451 g/mol. The van der Waals surface area contributed by atoms with E-state index in [0.717, 1.165) is 22.4 Å². The first-order valence-electron chi connectivity index (χ1n) is 11.0. The van der Waals surface area contributed by atoms with Crippen LogP contribution in [-0.4, -0.2) is 20.3 Å². The lowest BCUT2D eigenvalue weighted by atomic mass is 10.1. The highest BCUT2D eigenvalue weighted by molar-refractivity contribution is 5.71.